The van der Waals surface area contributed by atoms with Crippen LogP contribution >= 0.6 is 33.3 Å². The van der Waals surface area contributed by atoms with E-state index in [1.165, 1.54) is 11.8 Å². The van der Waals surface area contributed by atoms with Gasteiger partial charge in [-0.1, -0.05) is 53.3 Å². The van der Waals surface area contributed by atoms with Crippen LogP contribution in [0.2, 0.25) is 0 Å². The molecule has 0 amide bonds. The van der Waals surface area contributed by atoms with Crippen LogP contribution in [0.15, 0.2) is 20.6 Å². The minimum atomic E-state index is -0.355. The molecular weight excluding hydrogens is 296 g/mol. The van der Waals surface area contributed by atoms with Crippen LogP contribution in [0.5, 0.6) is 0 Å². The van der Waals surface area contributed by atoms with Gasteiger partial charge in [-0.2, -0.15) is 0 Å². The molecular formula is C14H20O2S3. The molecule has 1 rings (SSSR count). The van der Waals surface area contributed by atoms with E-state index in [0.717, 1.165) is 8.47 Å². The van der Waals surface area contributed by atoms with Gasteiger partial charge in [0.2, 0.25) is 0 Å². The Bertz CT molecular complexity index is 406. The first-order chi connectivity index (χ1) is 8.50. The van der Waals surface area contributed by atoms with Crippen molar-refractivity contribution in [3.8, 4) is 0 Å². The van der Waals surface area contributed by atoms with E-state index >= 15 is 0 Å². The van der Waals surface area contributed by atoms with E-state index in [2.05, 4.69) is 0 Å². The standard InChI is InChI=1S/C14H20O2S3/c1-13(2,3)9(15)7-11-17-12(19-18-11)8-10(16)14(4,5)6/h7-8H,1-6H3/b11-7-,12-8-. The fourth-order valence-electron chi connectivity index (χ4n) is 0.969. The zero-order valence-corrected chi connectivity index (χ0v) is 14.6. The van der Waals surface area contributed by atoms with Crippen molar-refractivity contribution in [2.24, 2.45) is 10.8 Å². The highest BCUT2D eigenvalue weighted by molar-refractivity contribution is 8.86. The zero-order valence-electron chi connectivity index (χ0n) is 12.2. The largest absolute Gasteiger partial charge is 0.294 e. The Hall–Kier alpha value is -0.130. The number of carbonyl (C=O) groups is 2. The molecule has 0 unspecified atom stereocenters. The summed E-state index contributed by atoms with van der Waals surface area (Å²) in [6.45, 7) is 11.4. The van der Waals surface area contributed by atoms with Gasteiger partial charge in [0.25, 0.3) is 0 Å². The van der Waals surface area contributed by atoms with Crippen LogP contribution in [0.25, 0.3) is 0 Å². The highest BCUT2D eigenvalue weighted by atomic mass is 33.1. The fraction of sp³-hybridized carbons (Fsp3) is 0.571. The van der Waals surface area contributed by atoms with Crippen molar-refractivity contribution in [1.82, 2.24) is 0 Å². The third kappa shape index (κ3) is 5.40. The molecule has 0 aromatic carbocycles. The maximum atomic E-state index is 11.9. The highest BCUT2D eigenvalue weighted by Gasteiger charge is 2.25. The maximum Gasteiger partial charge on any atom is 0.162 e. The Morgan fingerprint density at radius 1 is 0.789 bits per heavy atom. The Labute approximate surface area is 127 Å². The molecule has 5 heteroatoms. The van der Waals surface area contributed by atoms with Crippen molar-refractivity contribution in [1.29, 1.82) is 0 Å². The molecule has 106 valence electrons. The van der Waals surface area contributed by atoms with E-state index in [1.807, 2.05) is 41.5 Å². The molecule has 1 fully saturated rings. The molecule has 1 aliphatic rings. The number of rotatable bonds is 2. The van der Waals surface area contributed by atoms with Crippen LogP contribution in [0, 0.1) is 10.8 Å². The molecule has 0 radical (unpaired) electrons. The van der Waals surface area contributed by atoms with Crippen molar-refractivity contribution in [3.63, 3.8) is 0 Å². The summed E-state index contributed by atoms with van der Waals surface area (Å²) in [5.74, 6) is 0.234. The summed E-state index contributed by atoms with van der Waals surface area (Å²) in [6, 6.07) is 0. The lowest BCUT2D eigenvalue weighted by Crippen LogP contribution is -2.17. The second-order valence-corrected chi connectivity index (χ2v) is 10.2. The summed E-state index contributed by atoms with van der Waals surface area (Å²) < 4.78 is 1.91. The Kier molecular flexibility index (Phi) is 5.43. The molecule has 0 aromatic heterocycles. The number of hydrogen-bond donors (Lipinski definition) is 0. The van der Waals surface area contributed by atoms with Gasteiger partial charge >= 0.3 is 0 Å². The molecule has 0 aliphatic carbocycles. The van der Waals surface area contributed by atoms with Gasteiger partial charge in [0, 0.05) is 23.0 Å². The minimum absolute atomic E-state index is 0.117. The summed E-state index contributed by atoms with van der Waals surface area (Å²) >= 11 is 1.51. The number of allylic oxidation sites excluding steroid dienone is 2. The van der Waals surface area contributed by atoms with Crippen molar-refractivity contribution < 1.29 is 9.59 Å². The average Bonchev–Trinajstić information content (AvgIpc) is 2.62. The number of hydrogen-bond acceptors (Lipinski definition) is 5. The quantitative estimate of drug-likeness (QED) is 0.527. The van der Waals surface area contributed by atoms with Gasteiger partial charge < -0.3 is 0 Å². The summed E-state index contributed by atoms with van der Waals surface area (Å²) in [7, 11) is 3.09. The fourth-order valence-corrected chi connectivity index (χ4v) is 4.95. The van der Waals surface area contributed by atoms with Gasteiger partial charge in [-0.25, -0.2) is 0 Å². The van der Waals surface area contributed by atoms with Crippen LogP contribution in [-0.2, 0) is 9.59 Å². The molecule has 0 bridgehead atoms. The predicted molar refractivity (Wildman–Crippen MR) is 87.9 cm³/mol. The van der Waals surface area contributed by atoms with Crippen LogP contribution in [0.4, 0.5) is 0 Å². The van der Waals surface area contributed by atoms with E-state index in [0.29, 0.717) is 0 Å². The smallest absolute Gasteiger partial charge is 0.162 e. The molecule has 1 aliphatic heterocycles. The molecule has 1 saturated heterocycles. The number of thioether (sulfide) groups is 1. The first kappa shape index (κ1) is 16.9. The molecule has 0 aromatic rings. The second kappa shape index (κ2) is 6.10. The summed E-state index contributed by atoms with van der Waals surface area (Å²) in [5, 5.41) is 0. The van der Waals surface area contributed by atoms with E-state index in [4.69, 9.17) is 0 Å². The first-order valence-electron chi connectivity index (χ1n) is 6.05. The minimum Gasteiger partial charge on any atom is -0.294 e. The normalized spacial score (nSPS) is 21.2. The lowest BCUT2D eigenvalue weighted by molar-refractivity contribution is -0.122. The van der Waals surface area contributed by atoms with Gasteiger partial charge in [0.15, 0.2) is 11.6 Å². The number of carbonyl (C=O) groups excluding carboxylic acids is 2. The van der Waals surface area contributed by atoms with Gasteiger partial charge in [0.1, 0.15) is 0 Å². The highest BCUT2D eigenvalue weighted by Crippen LogP contribution is 2.57. The van der Waals surface area contributed by atoms with Crippen LogP contribution in [0.3, 0.4) is 0 Å². The van der Waals surface area contributed by atoms with Gasteiger partial charge in [-0.15, -0.1) is 0 Å². The van der Waals surface area contributed by atoms with Crippen LogP contribution in [-0.4, -0.2) is 11.6 Å². The third-order valence-electron chi connectivity index (χ3n) is 2.38. The number of ketones is 2. The lowest BCUT2D eigenvalue weighted by Gasteiger charge is -2.13. The SMILES string of the molecule is CC(C)(C)C(=O)/C=C1\SS/C(=C\C(=O)C(C)(C)C)S1. The Morgan fingerprint density at radius 3 is 1.37 bits per heavy atom. The molecule has 19 heavy (non-hydrogen) atoms. The average molecular weight is 317 g/mol. The predicted octanol–water partition coefficient (Wildman–Crippen LogP) is 5.03. The molecule has 0 spiro atoms. The van der Waals surface area contributed by atoms with Gasteiger partial charge in [-0.05, 0) is 21.6 Å². The molecule has 0 N–H and O–H groups in total. The van der Waals surface area contributed by atoms with Gasteiger partial charge in [0.05, 0.1) is 8.47 Å². The van der Waals surface area contributed by atoms with E-state index < -0.39 is 0 Å². The van der Waals surface area contributed by atoms with Crippen molar-refractivity contribution in [3.05, 3.63) is 20.6 Å². The van der Waals surface area contributed by atoms with Crippen LogP contribution in [0.1, 0.15) is 41.5 Å². The Balaban J connectivity index is 2.75. The topological polar surface area (TPSA) is 34.1 Å². The second-order valence-electron chi connectivity index (χ2n) is 6.42. The zero-order chi connectivity index (χ0) is 14.8. The monoisotopic (exact) mass is 316 g/mol. The van der Waals surface area contributed by atoms with Gasteiger partial charge in [-0.3, -0.25) is 9.59 Å². The summed E-state index contributed by atoms with van der Waals surface area (Å²) in [4.78, 5) is 23.8. The van der Waals surface area contributed by atoms with Crippen LogP contribution < -0.4 is 0 Å². The molecule has 0 atom stereocenters. The lowest BCUT2D eigenvalue weighted by atomic mass is 9.91. The van der Waals surface area contributed by atoms with E-state index in [9.17, 15) is 9.59 Å². The maximum absolute atomic E-state index is 11.9. The molecule has 1 heterocycles. The summed E-state index contributed by atoms with van der Waals surface area (Å²) in [5.41, 5.74) is -0.709. The Morgan fingerprint density at radius 2 is 1.11 bits per heavy atom. The first-order valence-corrected chi connectivity index (χ1v) is 9.01. The van der Waals surface area contributed by atoms with E-state index in [-0.39, 0.29) is 22.4 Å². The molecule has 2 nitrogen and oxygen atoms in total. The van der Waals surface area contributed by atoms with Crippen molar-refractivity contribution in [2.75, 3.05) is 0 Å². The van der Waals surface area contributed by atoms with Crippen molar-refractivity contribution >= 4 is 44.9 Å². The molecule has 0 saturated carbocycles. The summed E-state index contributed by atoms with van der Waals surface area (Å²) in [6.07, 6.45) is 3.37. The van der Waals surface area contributed by atoms with Crippen molar-refractivity contribution in [2.45, 2.75) is 41.5 Å². The third-order valence-corrected chi connectivity index (χ3v) is 6.63. The van der Waals surface area contributed by atoms with E-state index in [1.54, 1.807) is 33.7 Å².